The summed E-state index contributed by atoms with van der Waals surface area (Å²) in [6.45, 7) is 8.28. The third-order valence-electron chi connectivity index (χ3n) is 7.96. The highest BCUT2D eigenvalue weighted by Gasteiger charge is 2.45. The maximum absolute atomic E-state index is 13.8. The van der Waals surface area contributed by atoms with Crippen molar-refractivity contribution in [3.63, 3.8) is 0 Å². The molecule has 2 N–H and O–H groups in total. The van der Waals surface area contributed by atoms with Gasteiger partial charge in [-0.1, -0.05) is 26.0 Å². The molecule has 11 nitrogen and oxygen atoms in total. The van der Waals surface area contributed by atoms with Crippen molar-refractivity contribution < 1.29 is 19.5 Å². The minimum atomic E-state index is -0.765. The van der Waals surface area contributed by atoms with E-state index in [-0.39, 0.29) is 36.9 Å². The fourth-order valence-corrected chi connectivity index (χ4v) is 5.90. The van der Waals surface area contributed by atoms with Crippen molar-refractivity contribution in [1.82, 2.24) is 35.0 Å². The van der Waals surface area contributed by atoms with Crippen LogP contribution in [0.4, 0.5) is 4.79 Å². The predicted molar refractivity (Wildman–Crippen MR) is 131 cm³/mol. The van der Waals surface area contributed by atoms with Crippen molar-refractivity contribution in [2.24, 2.45) is 5.41 Å². The van der Waals surface area contributed by atoms with Gasteiger partial charge in [0.15, 0.2) is 0 Å². The van der Waals surface area contributed by atoms with E-state index in [1.165, 1.54) is 4.90 Å². The standard InChI is InChI=1S/C25H39N7O4/c1-25(2,3)21(32-15-19(27-28-32)16-7-8-16)23(35)31-14-18(33)12-20(31)22(34)26-9-11-29-13-17-6-4-5-10-30(17)24(29)36/h15-18,20-21,33H,4-14H2,1-3H3,(H,26,34)/t17?,18-,20+,21-/m1/s1. The van der Waals surface area contributed by atoms with Gasteiger partial charge in [-0.25, -0.2) is 9.48 Å². The number of carbonyl (C=O) groups excluding carboxylic acids is 3. The van der Waals surface area contributed by atoms with Crippen LogP contribution in [0.5, 0.6) is 0 Å². The summed E-state index contributed by atoms with van der Waals surface area (Å²) in [6, 6.07) is -1.07. The Morgan fingerprint density at radius 1 is 1.19 bits per heavy atom. The van der Waals surface area contributed by atoms with Crippen molar-refractivity contribution in [1.29, 1.82) is 0 Å². The Hall–Kier alpha value is -2.69. The molecule has 1 saturated carbocycles. The molecule has 36 heavy (non-hydrogen) atoms. The number of urea groups is 1. The van der Waals surface area contributed by atoms with Crippen LogP contribution in [0, 0.1) is 5.41 Å². The first-order valence-corrected chi connectivity index (χ1v) is 13.4. The van der Waals surface area contributed by atoms with Crippen molar-refractivity contribution in [3.05, 3.63) is 11.9 Å². The minimum absolute atomic E-state index is 0.0495. The highest BCUT2D eigenvalue weighted by Crippen LogP contribution is 2.40. The molecule has 3 saturated heterocycles. The van der Waals surface area contributed by atoms with E-state index >= 15 is 0 Å². The van der Waals surface area contributed by atoms with E-state index in [0.29, 0.717) is 25.6 Å². The lowest BCUT2D eigenvalue weighted by molar-refractivity contribution is -0.144. The second-order valence-corrected chi connectivity index (χ2v) is 11.9. The van der Waals surface area contributed by atoms with Gasteiger partial charge < -0.3 is 25.1 Å². The number of nitrogens with zero attached hydrogens (tertiary/aromatic N) is 6. The highest BCUT2D eigenvalue weighted by molar-refractivity contribution is 5.90. The molecular weight excluding hydrogens is 462 g/mol. The smallest absolute Gasteiger partial charge is 0.320 e. The number of piperidine rings is 1. The second kappa shape index (κ2) is 9.64. The molecule has 1 aromatic rings. The Balaban J connectivity index is 1.22. The Morgan fingerprint density at radius 3 is 2.67 bits per heavy atom. The number of hydrogen-bond acceptors (Lipinski definition) is 6. The van der Waals surface area contributed by atoms with Crippen LogP contribution in [0.1, 0.15) is 76.9 Å². The van der Waals surface area contributed by atoms with Crippen LogP contribution in [0.2, 0.25) is 0 Å². The molecule has 1 unspecified atom stereocenters. The first-order valence-electron chi connectivity index (χ1n) is 13.4. The molecule has 1 aromatic heterocycles. The zero-order valence-corrected chi connectivity index (χ0v) is 21.6. The molecule has 4 fully saturated rings. The number of likely N-dealkylation sites (tertiary alicyclic amines) is 1. The summed E-state index contributed by atoms with van der Waals surface area (Å²) >= 11 is 0. The Bertz CT molecular complexity index is 1000. The summed E-state index contributed by atoms with van der Waals surface area (Å²) in [4.78, 5) is 44.9. The van der Waals surface area contributed by atoms with Gasteiger partial charge in [0.25, 0.3) is 0 Å². The van der Waals surface area contributed by atoms with Gasteiger partial charge in [-0.05, 0) is 37.5 Å². The fourth-order valence-electron chi connectivity index (χ4n) is 5.90. The molecule has 4 aliphatic rings. The number of β-amino-alcohol motifs (C(OH)–C–C–N with tert-alkyl or cyclic N) is 1. The molecule has 0 radical (unpaired) electrons. The number of amides is 4. The van der Waals surface area contributed by atoms with Crippen molar-refractivity contribution >= 4 is 17.8 Å². The van der Waals surface area contributed by atoms with E-state index in [0.717, 1.165) is 44.3 Å². The third kappa shape index (κ3) is 4.94. The molecule has 1 aliphatic carbocycles. The Morgan fingerprint density at radius 2 is 1.97 bits per heavy atom. The lowest BCUT2D eigenvalue weighted by atomic mass is 9.85. The zero-order chi connectivity index (χ0) is 25.6. The molecule has 4 atom stereocenters. The summed E-state index contributed by atoms with van der Waals surface area (Å²) in [5, 5.41) is 21.9. The number of hydrogen-bond donors (Lipinski definition) is 2. The number of aliphatic hydroxyl groups excluding tert-OH is 1. The minimum Gasteiger partial charge on any atom is -0.391 e. The van der Waals surface area contributed by atoms with Crippen molar-refractivity contribution in [2.75, 3.05) is 32.7 Å². The van der Waals surface area contributed by atoms with Gasteiger partial charge in [-0.15, -0.1) is 5.10 Å². The van der Waals surface area contributed by atoms with E-state index < -0.39 is 23.6 Å². The fraction of sp³-hybridized carbons (Fsp3) is 0.800. The van der Waals surface area contributed by atoms with Gasteiger partial charge in [-0.2, -0.15) is 0 Å². The van der Waals surface area contributed by atoms with Crippen LogP contribution in [0.15, 0.2) is 6.20 Å². The van der Waals surface area contributed by atoms with E-state index in [2.05, 4.69) is 15.6 Å². The second-order valence-electron chi connectivity index (χ2n) is 11.9. The summed E-state index contributed by atoms with van der Waals surface area (Å²) in [5.74, 6) is -0.114. The maximum atomic E-state index is 13.8. The van der Waals surface area contributed by atoms with Gasteiger partial charge in [0.05, 0.1) is 17.8 Å². The summed E-state index contributed by atoms with van der Waals surface area (Å²) in [6.07, 6.45) is 6.70. The number of fused-ring (bicyclic) bond motifs is 1. The highest BCUT2D eigenvalue weighted by atomic mass is 16.3. The quantitative estimate of drug-likeness (QED) is 0.577. The first kappa shape index (κ1) is 25.0. The molecule has 4 heterocycles. The summed E-state index contributed by atoms with van der Waals surface area (Å²) in [5.41, 5.74) is 0.433. The maximum Gasteiger partial charge on any atom is 0.320 e. The number of aromatic nitrogens is 3. The topological polar surface area (TPSA) is 124 Å². The van der Waals surface area contributed by atoms with E-state index in [1.54, 1.807) is 9.58 Å². The predicted octanol–water partition coefficient (Wildman–Crippen LogP) is 1.11. The van der Waals surface area contributed by atoms with Gasteiger partial charge in [0, 0.05) is 51.3 Å². The number of nitrogens with one attached hydrogen (secondary N) is 1. The molecule has 0 aromatic carbocycles. The summed E-state index contributed by atoms with van der Waals surface area (Å²) in [7, 11) is 0. The van der Waals surface area contributed by atoms with Crippen LogP contribution in [-0.2, 0) is 9.59 Å². The van der Waals surface area contributed by atoms with E-state index in [4.69, 9.17) is 0 Å². The van der Waals surface area contributed by atoms with Crippen molar-refractivity contribution in [2.45, 2.75) is 89.4 Å². The van der Waals surface area contributed by atoms with Crippen molar-refractivity contribution in [3.8, 4) is 0 Å². The number of rotatable bonds is 7. The van der Waals surface area contributed by atoms with E-state index in [9.17, 15) is 19.5 Å². The van der Waals surface area contributed by atoms with Crippen LogP contribution in [0.25, 0.3) is 0 Å². The van der Waals surface area contributed by atoms with Crippen LogP contribution in [0.3, 0.4) is 0 Å². The Kier molecular flexibility index (Phi) is 6.69. The molecule has 0 bridgehead atoms. The molecule has 5 rings (SSSR count). The van der Waals surface area contributed by atoms with Crippen LogP contribution in [-0.4, -0.2) is 104 Å². The largest absolute Gasteiger partial charge is 0.391 e. The van der Waals surface area contributed by atoms with Gasteiger partial charge in [0.2, 0.25) is 11.8 Å². The molecule has 11 heteroatoms. The average Bonchev–Trinajstić information content (AvgIpc) is 3.30. The molecular formula is C25H39N7O4. The first-order chi connectivity index (χ1) is 17.1. The van der Waals surface area contributed by atoms with Gasteiger partial charge in [0.1, 0.15) is 12.1 Å². The van der Waals surface area contributed by atoms with Crippen LogP contribution >= 0.6 is 0 Å². The molecule has 0 spiro atoms. The molecule has 4 amide bonds. The molecule has 198 valence electrons. The average molecular weight is 502 g/mol. The Labute approximate surface area is 212 Å². The third-order valence-corrected chi connectivity index (χ3v) is 7.96. The SMILES string of the molecule is CC(C)(C)[C@@H](C(=O)N1C[C@H](O)C[C@H]1C(=O)NCCN1CC2CCCCN2C1=O)n1cc(C2CC2)nn1. The molecule has 3 aliphatic heterocycles. The monoisotopic (exact) mass is 501 g/mol. The normalized spacial score (nSPS) is 27.4. The number of carbonyl (C=O) groups is 3. The summed E-state index contributed by atoms with van der Waals surface area (Å²) < 4.78 is 1.63. The zero-order valence-electron chi connectivity index (χ0n) is 21.6. The van der Waals surface area contributed by atoms with E-state index in [1.807, 2.05) is 31.9 Å². The lowest BCUT2D eigenvalue weighted by Gasteiger charge is -2.34. The number of aliphatic hydroxyl groups is 1. The van der Waals surface area contributed by atoms with Crippen LogP contribution < -0.4 is 5.32 Å². The lowest BCUT2D eigenvalue weighted by Crippen LogP contribution is -2.51. The van der Waals surface area contributed by atoms with Gasteiger partial charge >= 0.3 is 6.03 Å². The van der Waals surface area contributed by atoms with Gasteiger partial charge in [-0.3, -0.25) is 9.59 Å².